The predicted octanol–water partition coefficient (Wildman–Crippen LogP) is -0.654. The molecule has 0 saturated carbocycles. The van der Waals surface area contributed by atoms with E-state index >= 15 is 0 Å². The molecule has 1 aliphatic heterocycles. The van der Waals surface area contributed by atoms with Gasteiger partial charge in [0.05, 0.1) is 19.6 Å². The molecular weight excluding hydrogens is 734 g/mol. The van der Waals surface area contributed by atoms with Crippen molar-refractivity contribution >= 4 is 68.9 Å². The zero-order valence-electron chi connectivity index (χ0n) is 31.5. The van der Waals surface area contributed by atoms with Gasteiger partial charge in [0.15, 0.2) is 0 Å². The SMILES string of the molecule is CC(=O)NCC(=O)N[C@H]1CCC(=O)NCCCNC(=O)[C@@H](Cc2c[nH]c3ccccc23)NC(=O)CNC(=O)[C@@H](Cc2ccc3ccccc3c2)NC(=O)CNC1=O. The highest BCUT2D eigenvalue weighted by molar-refractivity contribution is 5.95. The maximum Gasteiger partial charge on any atom is 0.243 e. The number of carbonyl (C=O) groups excluding carboxylic acids is 8. The fourth-order valence-electron chi connectivity index (χ4n) is 6.35. The molecule has 2 heterocycles. The second-order valence-electron chi connectivity index (χ2n) is 13.7. The lowest BCUT2D eigenvalue weighted by Gasteiger charge is -2.22. The van der Waals surface area contributed by atoms with Gasteiger partial charge in [-0.1, -0.05) is 60.7 Å². The van der Waals surface area contributed by atoms with Crippen LogP contribution >= 0.6 is 0 Å². The van der Waals surface area contributed by atoms with E-state index in [2.05, 4.69) is 47.5 Å². The highest BCUT2D eigenvalue weighted by Gasteiger charge is 2.27. The molecule has 1 aromatic heterocycles. The number of H-pyrrole nitrogens is 1. The molecule has 0 radical (unpaired) electrons. The van der Waals surface area contributed by atoms with E-state index in [1.54, 1.807) is 6.20 Å². The van der Waals surface area contributed by atoms with E-state index in [1.165, 1.54) is 6.92 Å². The van der Waals surface area contributed by atoms with Crippen LogP contribution in [0.15, 0.2) is 72.9 Å². The summed E-state index contributed by atoms with van der Waals surface area (Å²) in [5, 5.41) is 23.5. The topological polar surface area (TPSA) is 249 Å². The van der Waals surface area contributed by atoms with Crippen molar-refractivity contribution in [1.29, 1.82) is 0 Å². The largest absolute Gasteiger partial charge is 0.361 e. The Kier molecular flexibility index (Phi) is 14.7. The first-order chi connectivity index (χ1) is 27.4. The van der Waals surface area contributed by atoms with E-state index in [9.17, 15) is 38.4 Å². The molecule has 1 saturated heterocycles. The second kappa shape index (κ2) is 20.2. The van der Waals surface area contributed by atoms with Gasteiger partial charge in [-0.3, -0.25) is 38.4 Å². The summed E-state index contributed by atoms with van der Waals surface area (Å²) in [5.74, 6) is -4.90. The number of benzene rings is 3. The molecule has 0 aliphatic carbocycles. The van der Waals surface area contributed by atoms with Gasteiger partial charge in [-0.25, -0.2) is 0 Å². The Morgan fingerprint density at radius 2 is 1.35 bits per heavy atom. The number of para-hydroxylation sites is 1. The Bertz CT molecular complexity index is 2130. The van der Waals surface area contributed by atoms with Crippen molar-refractivity contribution in [2.24, 2.45) is 0 Å². The first-order valence-corrected chi connectivity index (χ1v) is 18.7. The number of hydrogen-bond acceptors (Lipinski definition) is 8. The summed E-state index contributed by atoms with van der Waals surface area (Å²) in [7, 11) is 0. The van der Waals surface area contributed by atoms with E-state index in [1.807, 2.05) is 66.7 Å². The number of fused-ring (bicyclic) bond motifs is 2. The number of hydrogen-bond donors (Lipinski definition) is 9. The van der Waals surface area contributed by atoms with Crippen molar-refractivity contribution in [3.05, 3.63) is 84.1 Å². The number of aromatic amines is 1. The normalized spacial score (nSPS) is 19.7. The molecule has 3 atom stereocenters. The first-order valence-electron chi connectivity index (χ1n) is 18.7. The van der Waals surface area contributed by atoms with Crippen molar-refractivity contribution in [3.8, 4) is 0 Å². The van der Waals surface area contributed by atoms with E-state index in [0.717, 1.165) is 27.2 Å². The second-order valence-corrected chi connectivity index (χ2v) is 13.7. The van der Waals surface area contributed by atoms with Gasteiger partial charge >= 0.3 is 0 Å². The number of nitrogens with one attached hydrogen (secondary N) is 9. The lowest BCUT2D eigenvalue weighted by molar-refractivity contribution is -0.132. The molecule has 57 heavy (non-hydrogen) atoms. The lowest BCUT2D eigenvalue weighted by Crippen LogP contribution is -2.55. The highest BCUT2D eigenvalue weighted by atomic mass is 16.2. The van der Waals surface area contributed by atoms with Crippen molar-refractivity contribution in [2.45, 2.75) is 57.2 Å². The maximum atomic E-state index is 13.7. The van der Waals surface area contributed by atoms with Crippen molar-refractivity contribution in [3.63, 3.8) is 0 Å². The van der Waals surface area contributed by atoms with Gasteiger partial charge in [0.1, 0.15) is 18.1 Å². The van der Waals surface area contributed by atoms with Gasteiger partial charge in [-0.2, -0.15) is 0 Å². The molecule has 1 fully saturated rings. The summed E-state index contributed by atoms with van der Waals surface area (Å²) >= 11 is 0. The summed E-state index contributed by atoms with van der Waals surface area (Å²) in [5.41, 5.74) is 2.36. The van der Waals surface area contributed by atoms with E-state index < -0.39 is 85.0 Å². The minimum absolute atomic E-state index is 0.0283. The number of aromatic nitrogens is 1. The van der Waals surface area contributed by atoms with Crippen LogP contribution in [0.4, 0.5) is 0 Å². The quantitative estimate of drug-likeness (QED) is 0.116. The maximum absolute atomic E-state index is 13.7. The van der Waals surface area contributed by atoms with Crippen LogP contribution in [0.25, 0.3) is 21.7 Å². The van der Waals surface area contributed by atoms with E-state index in [4.69, 9.17) is 0 Å². The summed E-state index contributed by atoms with van der Waals surface area (Å²) in [6.07, 6.45) is 1.96. The molecule has 4 aromatic rings. The van der Waals surface area contributed by atoms with Gasteiger partial charge < -0.3 is 47.5 Å². The van der Waals surface area contributed by atoms with Crippen LogP contribution in [0.3, 0.4) is 0 Å². The summed E-state index contributed by atoms with van der Waals surface area (Å²) in [6, 6.07) is 17.3. The van der Waals surface area contributed by atoms with Gasteiger partial charge in [-0.05, 0) is 40.8 Å². The van der Waals surface area contributed by atoms with Gasteiger partial charge in [0.25, 0.3) is 0 Å². The molecule has 3 aromatic carbocycles. The molecule has 9 N–H and O–H groups in total. The first kappa shape index (κ1) is 41.4. The molecule has 17 heteroatoms. The third kappa shape index (κ3) is 12.6. The average Bonchev–Trinajstić information content (AvgIpc) is 3.61. The summed E-state index contributed by atoms with van der Waals surface area (Å²) in [4.78, 5) is 107. The average molecular weight is 782 g/mol. The summed E-state index contributed by atoms with van der Waals surface area (Å²) in [6.45, 7) is 0.0553. The monoisotopic (exact) mass is 781 g/mol. The molecule has 0 bridgehead atoms. The van der Waals surface area contributed by atoms with Crippen LogP contribution in [-0.2, 0) is 51.2 Å². The molecule has 8 amide bonds. The van der Waals surface area contributed by atoms with Gasteiger partial charge in [0, 0.05) is 56.4 Å². The fourth-order valence-corrected chi connectivity index (χ4v) is 6.35. The fraction of sp³-hybridized carbons (Fsp3) is 0.350. The molecule has 17 nitrogen and oxygen atoms in total. The number of rotatable bonds is 7. The van der Waals surface area contributed by atoms with Crippen LogP contribution in [0.1, 0.15) is 37.3 Å². The molecular formula is C40H47N9O8. The number of amides is 8. The van der Waals surface area contributed by atoms with Gasteiger partial charge in [-0.15, -0.1) is 0 Å². The molecule has 0 spiro atoms. The molecule has 5 rings (SSSR count). The minimum atomic E-state index is -1.24. The Labute approximate surface area is 328 Å². The van der Waals surface area contributed by atoms with Crippen LogP contribution in [0, 0.1) is 0 Å². The minimum Gasteiger partial charge on any atom is -0.361 e. The highest BCUT2D eigenvalue weighted by Crippen LogP contribution is 2.20. The van der Waals surface area contributed by atoms with Crippen molar-refractivity contribution in [2.75, 3.05) is 32.7 Å². The van der Waals surface area contributed by atoms with Gasteiger partial charge in [0.2, 0.25) is 47.3 Å². The molecule has 300 valence electrons. The number of carbonyl (C=O) groups is 8. The third-order valence-corrected chi connectivity index (χ3v) is 9.29. The van der Waals surface area contributed by atoms with Crippen LogP contribution in [0.2, 0.25) is 0 Å². The van der Waals surface area contributed by atoms with Crippen molar-refractivity contribution < 1.29 is 38.4 Å². The van der Waals surface area contributed by atoms with Crippen LogP contribution in [0.5, 0.6) is 0 Å². The Morgan fingerprint density at radius 3 is 2.11 bits per heavy atom. The van der Waals surface area contributed by atoms with Crippen molar-refractivity contribution in [1.82, 2.24) is 47.5 Å². The van der Waals surface area contributed by atoms with Crippen LogP contribution < -0.4 is 42.5 Å². The molecule has 0 unspecified atom stereocenters. The Balaban J connectivity index is 1.35. The zero-order chi connectivity index (χ0) is 40.7. The molecule has 1 aliphatic rings. The van der Waals surface area contributed by atoms with E-state index in [-0.39, 0.29) is 38.8 Å². The lowest BCUT2D eigenvalue weighted by atomic mass is 10.0. The predicted molar refractivity (Wildman–Crippen MR) is 210 cm³/mol. The standard InChI is InChI=1S/C40H47N9O8/c1-24(50)43-21-35(52)47-31-13-14-34(51)41-15-6-16-42-39(56)33(19-28-20-44-30-10-5-4-9-29(28)30)49-37(54)23-46-40(57)32(48-36(53)22-45-38(31)55)18-25-11-12-26-7-2-3-8-27(26)17-25/h2-5,7-12,17,20,31-33,44H,6,13-16,18-19,21-23H2,1H3,(H,41,51)(H,42,56)(H,43,50)(H,45,55)(H,46,57)(H,47,52)(H,48,53)(H,49,54)/t31-,32+,33+/m0/s1. The zero-order valence-corrected chi connectivity index (χ0v) is 31.5. The van der Waals surface area contributed by atoms with E-state index in [0.29, 0.717) is 12.0 Å². The summed E-state index contributed by atoms with van der Waals surface area (Å²) < 4.78 is 0. The third-order valence-electron chi connectivity index (χ3n) is 9.29. The Hall–Kier alpha value is -6.78. The smallest absolute Gasteiger partial charge is 0.243 e. The van der Waals surface area contributed by atoms with Crippen LogP contribution in [-0.4, -0.2) is 103 Å². The Morgan fingerprint density at radius 1 is 0.702 bits per heavy atom.